The highest BCUT2D eigenvalue weighted by Crippen LogP contribution is 2.32. The van der Waals surface area contributed by atoms with E-state index in [9.17, 15) is 0 Å². The summed E-state index contributed by atoms with van der Waals surface area (Å²) in [6.07, 6.45) is 1.68. The van der Waals surface area contributed by atoms with Crippen LogP contribution in [0.2, 0.25) is 0 Å². The molecule has 0 spiro atoms. The highest BCUT2D eigenvalue weighted by atomic mass is 15.2. The van der Waals surface area contributed by atoms with Crippen LogP contribution >= 0.6 is 0 Å². The van der Waals surface area contributed by atoms with Gasteiger partial charge in [0.2, 0.25) is 0 Å². The van der Waals surface area contributed by atoms with Crippen LogP contribution in [0.4, 0.5) is 5.82 Å². The Morgan fingerprint density at radius 1 is 1.06 bits per heavy atom. The number of hydrogen-bond donors (Lipinski definition) is 1. The molecular weight excluding hydrogens is 224 g/mol. The molecule has 2 fully saturated rings. The van der Waals surface area contributed by atoms with Gasteiger partial charge in [-0.3, -0.25) is 0 Å². The van der Waals surface area contributed by atoms with Gasteiger partial charge in [0.25, 0.3) is 0 Å². The first-order valence-electron chi connectivity index (χ1n) is 6.57. The molecule has 2 aliphatic heterocycles. The van der Waals surface area contributed by atoms with Gasteiger partial charge in [-0.25, -0.2) is 9.97 Å². The topological polar surface area (TPSA) is 41.0 Å². The molecule has 0 aliphatic carbocycles. The first-order valence-corrected chi connectivity index (χ1v) is 6.57. The van der Waals surface area contributed by atoms with Gasteiger partial charge in [0, 0.05) is 31.6 Å². The van der Waals surface area contributed by atoms with Crippen LogP contribution < -0.4 is 10.2 Å². The zero-order chi connectivity index (χ0) is 11.9. The monoisotopic (exact) mass is 240 g/mol. The van der Waals surface area contributed by atoms with E-state index in [0.29, 0.717) is 0 Å². The maximum absolute atomic E-state index is 4.51. The molecule has 2 aliphatic rings. The summed E-state index contributed by atoms with van der Waals surface area (Å²) in [6, 6.07) is 8.27. The molecule has 0 saturated carbocycles. The summed E-state index contributed by atoms with van der Waals surface area (Å²) in [5.41, 5.74) is 1.04. The fourth-order valence-corrected chi connectivity index (χ4v) is 3.27. The standard InChI is InChI=1S/C14H16N4/c1-2-4-13-12(3-1)14(17-9-16-13)18-7-10-5-15-6-11(10)8-18/h1-4,9-11,15H,5-8H2. The average Bonchev–Trinajstić information content (AvgIpc) is 2.99. The highest BCUT2D eigenvalue weighted by Gasteiger charge is 2.36. The van der Waals surface area contributed by atoms with Crippen LogP contribution in [0.15, 0.2) is 30.6 Å². The second-order valence-electron chi connectivity index (χ2n) is 5.30. The Bertz CT molecular complexity index is 566. The number of anilines is 1. The van der Waals surface area contributed by atoms with E-state index in [1.807, 2.05) is 6.07 Å². The predicted octanol–water partition coefficient (Wildman–Crippen LogP) is 1.29. The minimum absolute atomic E-state index is 0.790. The van der Waals surface area contributed by atoms with E-state index in [0.717, 1.165) is 49.3 Å². The molecule has 2 unspecified atom stereocenters. The molecule has 1 aromatic carbocycles. The molecule has 0 bridgehead atoms. The Morgan fingerprint density at radius 3 is 2.67 bits per heavy atom. The molecule has 4 heteroatoms. The van der Waals surface area contributed by atoms with E-state index in [4.69, 9.17) is 0 Å². The second kappa shape index (κ2) is 3.92. The molecule has 18 heavy (non-hydrogen) atoms. The summed E-state index contributed by atoms with van der Waals surface area (Å²) in [5.74, 6) is 2.69. The van der Waals surface area contributed by atoms with Crippen LogP contribution in [0, 0.1) is 11.8 Å². The number of fused-ring (bicyclic) bond motifs is 2. The lowest BCUT2D eigenvalue weighted by Gasteiger charge is -2.19. The lowest BCUT2D eigenvalue weighted by Crippen LogP contribution is -2.26. The molecule has 0 radical (unpaired) electrons. The maximum atomic E-state index is 4.51. The van der Waals surface area contributed by atoms with E-state index in [1.54, 1.807) is 6.33 Å². The van der Waals surface area contributed by atoms with Gasteiger partial charge in [0.15, 0.2) is 0 Å². The maximum Gasteiger partial charge on any atom is 0.139 e. The molecule has 4 nitrogen and oxygen atoms in total. The molecule has 0 amide bonds. The van der Waals surface area contributed by atoms with Gasteiger partial charge in [-0.1, -0.05) is 12.1 Å². The molecule has 4 rings (SSSR count). The first kappa shape index (κ1) is 10.3. The minimum atomic E-state index is 0.790. The zero-order valence-electron chi connectivity index (χ0n) is 10.2. The number of aromatic nitrogens is 2. The van der Waals surface area contributed by atoms with E-state index >= 15 is 0 Å². The molecule has 92 valence electrons. The van der Waals surface area contributed by atoms with Gasteiger partial charge in [-0.2, -0.15) is 0 Å². The van der Waals surface area contributed by atoms with Gasteiger partial charge in [0.1, 0.15) is 12.1 Å². The van der Waals surface area contributed by atoms with Crippen LogP contribution in [-0.4, -0.2) is 36.1 Å². The summed E-state index contributed by atoms with van der Waals surface area (Å²) >= 11 is 0. The number of hydrogen-bond acceptors (Lipinski definition) is 4. The van der Waals surface area contributed by atoms with Crippen molar-refractivity contribution in [1.82, 2.24) is 15.3 Å². The summed E-state index contributed by atoms with van der Waals surface area (Å²) in [4.78, 5) is 11.3. The number of para-hydroxylation sites is 1. The fraction of sp³-hybridized carbons (Fsp3) is 0.429. The third-order valence-electron chi connectivity index (χ3n) is 4.21. The summed E-state index contributed by atoms with van der Waals surface area (Å²) < 4.78 is 0. The predicted molar refractivity (Wildman–Crippen MR) is 71.6 cm³/mol. The molecule has 3 heterocycles. The Kier molecular flexibility index (Phi) is 2.23. The quantitative estimate of drug-likeness (QED) is 0.815. The van der Waals surface area contributed by atoms with Gasteiger partial charge >= 0.3 is 0 Å². The van der Waals surface area contributed by atoms with E-state index < -0.39 is 0 Å². The third kappa shape index (κ3) is 1.49. The molecule has 2 aromatic rings. The van der Waals surface area contributed by atoms with Crippen LogP contribution in [0.1, 0.15) is 0 Å². The Hall–Kier alpha value is -1.68. The van der Waals surface area contributed by atoms with Crippen LogP contribution in [0.5, 0.6) is 0 Å². The number of benzene rings is 1. The van der Waals surface area contributed by atoms with Crippen molar-refractivity contribution >= 4 is 16.7 Å². The van der Waals surface area contributed by atoms with E-state index in [1.165, 1.54) is 5.39 Å². The summed E-state index contributed by atoms with van der Waals surface area (Å²) in [6.45, 7) is 4.56. The normalized spacial score (nSPS) is 26.8. The van der Waals surface area contributed by atoms with Crippen molar-refractivity contribution in [1.29, 1.82) is 0 Å². The van der Waals surface area contributed by atoms with Crippen molar-refractivity contribution < 1.29 is 0 Å². The number of rotatable bonds is 1. The zero-order valence-corrected chi connectivity index (χ0v) is 10.2. The average molecular weight is 240 g/mol. The Balaban J connectivity index is 1.75. The molecule has 2 atom stereocenters. The number of nitrogens with one attached hydrogen (secondary N) is 1. The van der Waals surface area contributed by atoms with Crippen molar-refractivity contribution in [2.75, 3.05) is 31.1 Å². The molecule has 1 aromatic heterocycles. The van der Waals surface area contributed by atoms with E-state index in [-0.39, 0.29) is 0 Å². The summed E-state index contributed by atoms with van der Waals surface area (Å²) in [7, 11) is 0. The van der Waals surface area contributed by atoms with Crippen LogP contribution in [0.25, 0.3) is 10.9 Å². The van der Waals surface area contributed by atoms with Crippen molar-refractivity contribution in [2.45, 2.75) is 0 Å². The summed E-state index contributed by atoms with van der Waals surface area (Å²) in [5, 5.41) is 4.65. The Morgan fingerprint density at radius 2 is 1.83 bits per heavy atom. The lowest BCUT2D eigenvalue weighted by atomic mass is 10.0. The van der Waals surface area contributed by atoms with Crippen molar-refractivity contribution in [2.24, 2.45) is 11.8 Å². The van der Waals surface area contributed by atoms with Crippen molar-refractivity contribution in [3.8, 4) is 0 Å². The molecule has 1 N–H and O–H groups in total. The SMILES string of the molecule is c1ccc2c(N3CC4CNCC4C3)ncnc2c1. The highest BCUT2D eigenvalue weighted by molar-refractivity contribution is 5.89. The van der Waals surface area contributed by atoms with Crippen molar-refractivity contribution in [3.63, 3.8) is 0 Å². The Labute approximate surface area is 106 Å². The molecular formula is C14H16N4. The number of nitrogens with zero attached hydrogens (tertiary/aromatic N) is 3. The van der Waals surface area contributed by atoms with Gasteiger partial charge in [-0.05, 0) is 24.0 Å². The van der Waals surface area contributed by atoms with Crippen molar-refractivity contribution in [3.05, 3.63) is 30.6 Å². The third-order valence-corrected chi connectivity index (χ3v) is 4.21. The molecule has 2 saturated heterocycles. The fourth-order valence-electron chi connectivity index (χ4n) is 3.27. The van der Waals surface area contributed by atoms with Gasteiger partial charge in [-0.15, -0.1) is 0 Å². The second-order valence-corrected chi connectivity index (χ2v) is 5.30. The first-order chi connectivity index (χ1) is 8.92. The van der Waals surface area contributed by atoms with E-state index in [2.05, 4.69) is 38.4 Å². The van der Waals surface area contributed by atoms with Gasteiger partial charge in [0.05, 0.1) is 5.52 Å². The van der Waals surface area contributed by atoms with Crippen LogP contribution in [-0.2, 0) is 0 Å². The lowest BCUT2D eigenvalue weighted by molar-refractivity contribution is 0.533. The van der Waals surface area contributed by atoms with Crippen LogP contribution in [0.3, 0.4) is 0 Å². The largest absolute Gasteiger partial charge is 0.355 e. The van der Waals surface area contributed by atoms with Gasteiger partial charge < -0.3 is 10.2 Å². The smallest absolute Gasteiger partial charge is 0.139 e. The minimum Gasteiger partial charge on any atom is -0.355 e.